The second kappa shape index (κ2) is 9.96. The summed E-state index contributed by atoms with van der Waals surface area (Å²) in [6, 6.07) is 15.9. The minimum absolute atomic E-state index is 0.417. The third-order valence-corrected chi connectivity index (χ3v) is 4.88. The fourth-order valence-electron chi connectivity index (χ4n) is 2.51. The van der Waals surface area contributed by atoms with Gasteiger partial charge >= 0.3 is 0 Å². The van der Waals surface area contributed by atoms with E-state index in [-0.39, 0.29) is 0 Å². The second-order valence-electron chi connectivity index (χ2n) is 5.88. The van der Waals surface area contributed by atoms with Gasteiger partial charge in [-0.1, -0.05) is 53.7 Å². The van der Waals surface area contributed by atoms with Crippen molar-refractivity contribution in [1.29, 1.82) is 0 Å². The molecule has 0 aliphatic heterocycles. The minimum Gasteiger partial charge on any atom is -0.496 e. The van der Waals surface area contributed by atoms with Crippen LogP contribution in [0.2, 0.25) is 5.02 Å². The molecule has 0 amide bonds. The predicted molar refractivity (Wildman–Crippen MR) is 116 cm³/mol. The standard InChI is InChI=1S/C20H20ClN5OS/c1-27-19-8-7-16(9-17(19)12-26-13-18(21)11-24-26)10-23-25-20(22)28-14-15-5-3-2-4-6-15/h2-11,13H,12,14H2,1H3,(H2,22,25). The number of hydrogen-bond donors (Lipinski definition) is 1. The summed E-state index contributed by atoms with van der Waals surface area (Å²) in [4.78, 5) is 0. The molecule has 3 rings (SSSR count). The molecule has 0 unspecified atom stereocenters. The predicted octanol–water partition coefficient (Wildman–Crippen LogP) is 4.18. The van der Waals surface area contributed by atoms with E-state index in [0.717, 1.165) is 22.6 Å². The molecule has 28 heavy (non-hydrogen) atoms. The van der Waals surface area contributed by atoms with Gasteiger partial charge < -0.3 is 10.5 Å². The number of aromatic nitrogens is 2. The van der Waals surface area contributed by atoms with Crippen molar-refractivity contribution in [2.75, 3.05) is 7.11 Å². The fourth-order valence-corrected chi connectivity index (χ4v) is 3.28. The molecular weight excluding hydrogens is 394 g/mol. The molecule has 1 heterocycles. The summed E-state index contributed by atoms with van der Waals surface area (Å²) in [6.07, 6.45) is 5.02. The smallest absolute Gasteiger partial charge is 0.180 e. The zero-order valence-electron chi connectivity index (χ0n) is 15.3. The van der Waals surface area contributed by atoms with E-state index >= 15 is 0 Å². The molecule has 2 N–H and O–H groups in total. The molecule has 0 saturated carbocycles. The highest BCUT2D eigenvalue weighted by Crippen LogP contribution is 2.21. The molecule has 0 aliphatic rings. The molecule has 144 valence electrons. The quantitative estimate of drug-likeness (QED) is 0.358. The van der Waals surface area contributed by atoms with E-state index in [1.54, 1.807) is 30.4 Å². The number of thioether (sulfide) groups is 1. The lowest BCUT2D eigenvalue weighted by atomic mass is 10.1. The first-order valence-corrected chi connectivity index (χ1v) is 9.88. The third-order valence-electron chi connectivity index (χ3n) is 3.83. The highest BCUT2D eigenvalue weighted by molar-refractivity contribution is 8.13. The highest BCUT2D eigenvalue weighted by Gasteiger charge is 2.06. The van der Waals surface area contributed by atoms with Crippen LogP contribution in [-0.2, 0) is 12.3 Å². The van der Waals surface area contributed by atoms with Crippen molar-refractivity contribution in [1.82, 2.24) is 9.78 Å². The summed E-state index contributed by atoms with van der Waals surface area (Å²) in [6.45, 7) is 0.538. The maximum atomic E-state index is 5.93. The summed E-state index contributed by atoms with van der Waals surface area (Å²) >= 11 is 7.38. The maximum Gasteiger partial charge on any atom is 0.180 e. The first kappa shape index (κ1) is 20.0. The highest BCUT2D eigenvalue weighted by atomic mass is 35.5. The van der Waals surface area contributed by atoms with E-state index in [2.05, 4.69) is 27.4 Å². The van der Waals surface area contributed by atoms with E-state index in [1.165, 1.54) is 17.3 Å². The first-order valence-electron chi connectivity index (χ1n) is 8.52. The Hall–Kier alpha value is -2.77. The Morgan fingerprint density at radius 1 is 1.29 bits per heavy atom. The summed E-state index contributed by atoms with van der Waals surface area (Å²) in [7, 11) is 1.64. The molecule has 2 aromatic carbocycles. The molecule has 0 atom stereocenters. The lowest BCUT2D eigenvalue weighted by molar-refractivity contribution is 0.407. The molecule has 3 aromatic rings. The van der Waals surface area contributed by atoms with Crippen LogP contribution in [-0.4, -0.2) is 28.3 Å². The fraction of sp³-hybridized carbons (Fsp3) is 0.150. The van der Waals surface area contributed by atoms with Gasteiger partial charge in [0.2, 0.25) is 0 Å². The second-order valence-corrected chi connectivity index (χ2v) is 7.32. The molecule has 0 aliphatic carbocycles. The van der Waals surface area contributed by atoms with Gasteiger partial charge in [-0.25, -0.2) is 0 Å². The largest absolute Gasteiger partial charge is 0.496 e. The number of hydrogen-bond acceptors (Lipinski definition) is 5. The van der Waals surface area contributed by atoms with E-state index in [0.29, 0.717) is 16.7 Å². The molecule has 6 nitrogen and oxygen atoms in total. The average Bonchev–Trinajstić information content (AvgIpc) is 3.12. The van der Waals surface area contributed by atoms with Gasteiger partial charge in [0, 0.05) is 17.5 Å². The van der Waals surface area contributed by atoms with Gasteiger partial charge in [0.25, 0.3) is 0 Å². The molecule has 0 saturated heterocycles. The number of amidine groups is 1. The molecule has 0 fully saturated rings. The zero-order valence-corrected chi connectivity index (χ0v) is 16.9. The Balaban J connectivity index is 1.64. The van der Waals surface area contributed by atoms with Gasteiger partial charge in [-0.3, -0.25) is 4.68 Å². The Morgan fingerprint density at radius 2 is 2.11 bits per heavy atom. The van der Waals surface area contributed by atoms with E-state index in [9.17, 15) is 0 Å². The average molecular weight is 414 g/mol. The molecular formula is C20H20ClN5OS. The van der Waals surface area contributed by atoms with Crippen molar-refractivity contribution in [3.05, 3.63) is 82.6 Å². The Morgan fingerprint density at radius 3 is 2.82 bits per heavy atom. The Kier molecular flexibility index (Phi) is 7.11. The van der Waals surface area contributed by atoms with Crippen LogP contribution in [0.15, 0.2) is 71.1 Å². The number of halogens is 1. The van der Waals surface area contributed by atoms with Gasteiger partial charge in [0.05, 0.1) is 31.1 Å². The van der Waals surface area contributed by atoms with Crippen molar-refractivity contribution >= 4 is 34.7 Å². The lowest BCUT2D eigenvalue weighted by Gasteiger charge is -2.09. The van der Waals surface area contributed by atoms with Gasteiger partial charge in [-0.15, -0.1) is 5.10 Å². The summed E-state index contributed by atoms with van der Waals surface area (Å²) in [5.74, 6) is 1.52. The van der Waals surface area contributed by atoms with Crippen LogP contribution < -0.4 is 10.5 Å². The van der Waals surface area contributed by atoms with Crippen molar-refractivity contribution < 1.29 is 4.74 Å². The van der Waals surface area contributed by atoms with Crippen molar-refractivity contribution in [3.63, 3.8) is 0 Å². The molecule has 0 spiro atoms. The molecule has 0 radical (unpaired) electrons. The number of methoxy groups -OCH3 is 1. The van der Waals surface area contributed by atoms with Gasteiger partial charge in [0.15, 0.2) is 5.17 Å². The summed E-state index contributed by atoms with van der Waals surface area (Å²) < 4.78 is 7.17. The van der Waals surface area contributed by atoms with Gasteiger partial charge in [-0.05, 0) is 29.3 Å². The number of ether oxygens (including phenoxy) is 1. The summed E-state index contributed by atoms with van der Waals surface area (Å²) in [5.41, 5.74) is 8.96. The Bertz CT molecular complexity index is 972. The number of benzene rings is 2. The van der Waals surface area contributed by atoms with Crippen LogP contribution in [0.5, 0.6) is 5.75 Å². The number of nitrogens with zero attached hydrogens (tertiary/aromatic N) is 4. The van der Waals surface area contributed by atoms with Gasteiger partial charge in [-0.2, -0.15) is 10.2 Å². The number of rotatable bonds is 7. The van der Waals surface area contributed by atoms with Crippen LogP contribution in [0, 0.1) is 0 Å². The maximum absolute atomic E-state index is 5.93. The third kappa shape index (κ3) is 5.87. The topological polar surface area (TPSA) is 77.8 Å². The molecule has 8 heteroatoms. The van der Waals surface area contributed by atoms with Crippen LogP contribution >= 0.6 is 23.4 Å². The van der Waals surface area contributed by atoms with Crippen molar-refractivity contribution in [2.45, 2.75) is 12.3 Å². The molecule has 1 aromatic heterocycles. The zero-order chi connectivity index (χ0) is 19.8. The minimum atomic E-state index is 0.417. The lowest BCUT2D eigenvalue weighted by Crippen LogP contribution is -2.06. The summed E-state index contributed by atoms with van der Waals surface area (Å²) in [5, 5.41) is 13.4. The van der Waals surface area contributed by atoms with Crippen molar-refractivity contribution in [3.8, 4) is 5.75 Å². The normalized spacial score (nSPS) is 11.9. The Labute approximate surface area is 173 Å². The van der Waals surface area contributed by atoms with Crippen LogP contribution in [0.1, 0.15) is 16.7 Å². The monoisotopic (exact) mass is 413 g/mol. The van der Waals surface area contributed by atoms with E-state index in [4.69, 9.17) is 22.1 Å². The number of nitrogens with two attached hydrogens (primary N) is 1. The van der Waals surface area contributed by atoms with E-state index in [1.807, 2.05) is 36.4 Å². The van der Waals surface area contributed by atoms with Crippen molar-refractivity contribution in [2.24, 2.45) is 15.9 Å². The first-order chi connectivity index (χ1) is 13.6. The molecule has 0 bridgehead atoms. The van der Waals surface area contributed by atoms with Crippen LogP contribution in [0.3, 0.4) is 0 Å². The van der Waals surface area contributed by atoms with Gasteiger partial charge in [0.1, 0.15) is 5.75 Å². The van der Waals surface area contributed by atoms with Crippen LogP contribution in [0.4, 0.5) is 0 Å². The van der Waals surface area contributed by atoms with E-state index < -0.39 is 0 Å². The SMILES string of the molecule is COc1ccc(C=NN=C(N)SCc2ccccc2)cc1Cn1cc(Cl)cn1. The van der Waals surface area contributed by atoms with Crippen LogP contribution in [0.25, 0.3) is 0 Å².